The van der Waals surface area contributed by atoms with Gasteiger partial charge in [-0.1, -0.05) is 0 Å². The maximum Gasteiger partial charge on any atom is 0.226 e. The van der Waals surface area contributed by atoms with Crippen LogP contribution in [0, 0.1) is 3.57 Å². The minimum Gasteiger partial charge on any atom is -0.326 e. The van der Waals surface area contributed by atoms with E-state index < -0.39 is 5.54 Å². The quantitative estimate of drug-likeness (QED) is 0.841. The third-order valence-electron chi connectivity index (χ3n) is 1.74. The van der Waals surface area contributed by atoms with Crippen LogP contribution in [0.2, 0.25) is 0 Å². The van der Waals surface area contributed by atoms with Gasteiger partial charge < -0.3 is 11.1 Å². The maximum atomic E-state index is 11.5. The molecule has 1 aromatic rings. The zero-order valence-electron chi connectivity index (χ0n) is 8.88. The first kappa shape index (κ1) is 12.4. The predicted molar refractivity (Wildman–Crippen MR) is 70.7 cm³/mol. The zero-order chi connectivity index (χ0) is 11.5. The molecule has 0 radical (unpaired) electrons. The lowest BCUT2D eigenvalue weighted by atomic mass is 10.0. The van der Waals surface area contributed by atoms with Crippen LogP contribution in [0.5, 0.6) is 0 Å². The van der Waals surface area contributed by atoms with Crippen molar-refractivity contribution in [1.29, 1.82) is 0 Å². The molecule has 3 nitrogen and oxygen atoms in total. The summed E-state index contributed by atoms with van der Waals surface area (Å²) >= 11 is 2.22. The highest BCUT2D eigenvalue weighted by atomic mass is 127. The fourth-order valence-electron chi connectivity index (χ4n) is 1.15. The number of benzene rings is 1. The molecule has 0 atom stereocenters. The molecule has 0 saturated heterocycles. The SMILES string of the molecule is CC(C)(N)CC(=O)Nc1ccc(I)cc1. The normalized spacial score (nSPS) is 11.2. The number of nitrogens with two attached hydrogens (primary N) is 1. The maximum absolute atomic E-state index is 11.5. The number of amides is 1. The molecule has 1 aromatic carbocycles. The molecule has 1 rings (SSSR count). The van der Waals surface area contributed by atoms with Gasteiger partial charge in [-0.3, -0.25) is 4.79 Å². The van der Waals surface area contributed by atoms with E-state index in [1.165, 1.54) is 0 Å². The predicted octanol–water partition coefficient (Wildman–Crippen LogP) is 2.36. The molecule has 0 fully saturated rings. The third kappa shape index (κ3) is 5.13. The smallest absolute Gasteiger partial charge is 0.226 e. The molecule has 0 aliphatic carbocycles. The summed E-state index contributed by atoms with van der Waals surface area (Å²) in [6.45, 7) is 3.67. The van der Waals surface area contributed by atoms with Gasteiger partial charge in [0.05, 0.1) is 0 Å². The van der Waals surface area contributed by atoms with Crippen LogP contribution in [-0.4, -0.2) is 11.4 Å². The highest BCUT2D eigenvalue weighted by molar-refractivity contribution is 14.1. The molecule has 0 unspecified atom stereocenters. The van der Waals surface area contributed by atoms with Gasteiger partial charge in [0.2, 0.25) is 5.91 Å². The third-order valence-corrected chi connectivity index (χ3v) is 2.46. The molecule has 4 heteroatoms. The minimum atomic E-state index is -0.465. The fraction of sp³-hybridized carbons (Fsp3) is 0.364. The van der Waals surface area contributed by atoms with E-state index in [9.17, 15) is 4.79 Å². The van der Waals surface area contributed by atoms with Crippen LogP contribution in [0.1, 0.15) is 20.3 Å². The summed E-state index contributed by atoms with van der Waals surface area (Å²) < 4.78 is 1.14. The molecule has 0 aliphatic rings. The molecule has 0 saturated carbocycles. The molecule has 0 bridgehead atoms. The monoisotopic (exact) mass is 318 g/mol. The Morgan fingerprint density at radius 2 is 1.93 bits per heavy atom. The topological polar surface area (TPSA) is 55.1 Å². The molecule has 0 spiro atoms. The Kier molecular flexibility index (Phi) is 4.10. The largest absolute Gasteiger partial charge is 0.326 e. The number of carbonyl (C=O) groups is 1. The van der Waals surface area contributed by atoms with Crippen LogP contribution in [0.3, 0.4) is 0 Å². The van der Waals surface area contributed by atoms with Crippen molar-refractivity contribution in [2.45, 2.75) is 25.8 Å². The van der Waals surface area contributed by atoms with E-state index in [0.717, 1.165) is 9.26 Å². The molecule has 15 heavy (non-hydrogen) atoms. The molecule has 0 heterocycles. The van der Waals surface area contributed by atoms with Gasteiger partial charge in [0.15, 0.2) is 0 Å². The molecule has 0 aliphatic heterocycles. The summed E-state index contributed by atoms with van der Waals surface area (Å²) in [7, 11) is 0. The minimum absolute atomic E-state index is 0.0521. The first-order chi connectivity index (χ1) is 6.87. The number of carbonyl (C=O) groups excluding carboxylic acids is 1. The second-order valence-electron chi connectivity index (χ2n) is 4.22. The summed E-state index contributed by atoms with van der Waals surface area (Å²) in [5.41, 5.74) is 6.10. The van der Waals surface area contributed by atoms with E-state index in [2.05, 4.69) is 27.9 Å². The van der Waals surface area contributed by atoms with E-state index in [4.69, 9.17) is 5.73 Å². The first-order valence-electron chi connectivity index (χ1n) is 4.71. The van der Waals surface area contributed by atoms with Crippen LogP contribution >= 0.6 is 22.6 Å². The van der Waals surface area contributed by atoms with Crippen molar-refractivity contribution in [3.05, 3.63) is 27.8 Å². The lowest BCUT2D eigenvalue weighted by molar-refractivity contribution is -0.117. The Hall–Kier alpha value is -0.620. The van der Waals surface area contributed by atoms with Crippen LogP contribution in [-0.2, 0) is 4.79 Å². The van der Waals surface area contributed by atoms with Crippen LogP contribution in [0.15, 0.2) is 24.3 Å². The van der Waals surface area contributed by atoms with Gasteiger partial charge in [0, 0.05) is 21.2 Å². The number of anilines is 1. The van der Waals surface area contributed by atoms with Crippen LogP contribution < -0.4 is 11.1 Å². The summed E-state index contributed by atoms with van der Waals surface area (Å²) in [5, 5.41) is 2.80. The standard InChI is InChI=1S/C11H15IN2O/c1-11(2,13)7-10(15)14-9-5-3-8(12)4-6-9/h3-6H,7,13H2,1-2H3,(H,14,15). The number of hydrogen-bond acceptors (Lipinski definition) is 2. The van der Waals surface area contributed by atoms with Crippen molar-refractivity contribution < 1.29 is 4.79 Å². The van der Waals surface area contributed by atoms with E-state index in [0.29, 0.717) is 6.42 Å². The highest BCUT2D eigenvalue weighted by Crippen LogP contribution is 2.12. The van der Waals surface area contributed by atoms with Crippen molar-refractivity contribution in [1.82, 2.24) is 0 Å². The summed E-state index contributed by atoms with van der Waals surface area (Å²) in [4.78, 5) is 11.5. The van der Waals surface area contributed by atoms with Gasteiger partial charge in [0.1, 0.15) is 0 Å². The average Bonchev–Trinajstić information content (AvgIpc) is 2.05. The number of rotatable bonds is 3. The van der Waals surface area contributed by atoms with Crippen LogP contribution in [0.4, 0.5) is 5.69 Å². The summed E-state index contributed by atoms with van der Waals surface area (Å²) in [6.07, 6.45) is 0.318. The van der Waals surface area contributed by atoms with E-state index in [1.54, 1.807) is 0 Å². The number of nitrogens with one attached hydrogen (secondary N) is 1. The Balaban J connectivity index is 2.55. The van der Waals surface area contributed by atoms with Gasteiger partial charge in [-0.2, -0.15) is 0 Å². The van der Waals surface area contributed by atoms with Gasteiger partial charge in [-0.15, -0.1) is 0 Å². The molecule has 82 valence electrons. The van der Waals surface area contributed by atoms with E-state index in [-0.39, 0.29) is 5.91 Å². The Morgan fingerprint density at radius 1 is 1.40 bits per heavy atom. The molecular formula is C11H15IN2O. The molecule has 0 aromatic heterocycles. The second-order valence-corrected chi connectivity index (χ2v) is 5.47. The molecule has 3 N–H and O–H groups in total. The molecular weight excluding hydrogens is 303 g/mol. The van der Waals surface area contributed by atoms with Crippen molar-refractivity contribution >= 4 is 34.2 Å². The van der Waals surface area contributed by atoms with Crippen LogP contribution in [0.25, 0.3) is 0 Å². The lowest BCUT2D eigenvalue weighted by Gasteiger charge is -2.17. The fourth-order valence-corrected chi connectivity index (χ4v) is 1.51. The van der Waals surface area contributed by atoms with Crippen molar-refractivity contribution in [3.63, 3.8) is 0 Å². The highest BCUT2D eigenvalue weighted by Gasteiger charge is 2.16. The zero-order valence-corrected chi connectivity index (χ0v) is 11.0. The van der Waals surface area contributed by atoms with Gasteiger partial charge in [-0.05, 0) is 60.7 Å². The Bertz CT molecular complexity index is 341. The van der Waals surface area contributed by atoms with Crippen molar-refractivity contribution in [2.24, 2.45) is 5.73 Å². The first-order valence-corrected chi connectivity index (χ1v) is 5.79. The van der Waals surface area contributed by atoms with Gasteiger partial charge in [-0.25, -0.2) is 0 Å². The van der Waals surface area contributed by atoms with E-state index >= 15 is 0 Å². The molecule has 1 amide bonds. The Labute approximate surface area is 104 Å². The second kappa shape index (κ2) is 4.94. The summed E-state index contributed by atoms with van der Waals surface area (Å²) in [5.74, 6) is -0.0521. The number of hydrogen-bond donors (Lipinski definition) is 2. The van der Waals surface area contributed by atoms with Crippen molar-refractivity contribution in [3.8, 4) is 0 Å². The number of halogens is 1. The average molecular weight is 318 g/mol. The lowest BCUT2D eigenvalue weighted by Crippen LogP contribution is -2.36. The Morgan fingerprint density at radius 3 is 2.40 bits per heavy atom. The summed E-state index contributed by atoms with van der Waals surface area (Å²) in [6, 6.07) is 7.65. The van der Waals surface area contributed by atoms with Gasteiger partial charge in [0.25, 0.3) is 0 Å². The van der Waals surface area contributed by atoms with Gasteiger partial charge >= 0.3 is 0 Å². The van der Waals surface area contributed by atoms with E-state index in [1.807, 2.05) is 38.1 Å². The van der Waals surface area contributed by atoms with Crippen molar-refractivity contribution in [2.75, 3.05) is 5.32 Å².